The number of likely N-dealkylation sites (tertiary alicyclic amines) is 1. The largest absolute Gasteiger partial charge is 0.381 e. The number of rotatable bonds is 3. The van der Waals surface area contributed by atoms with Gasteiger partial charge < -0.3 is 19.9 Å². The number of aromatic amines is 1. The second-order valence-corrected chi connectivity index (χ2v) is 7.51. The second-order valence-electron chi connectivity index (χ2n) is 7.51. The topological polar surface area (TPSA) is 52.7 Å². The maximum Gasteiger partial charge on any atom is 0.193 e. The molecule has 0 radical (unpaired) electrons. The predicted molar refractivity (Wildman–Crippen MR) is 102 cm³/mol. The summed E-state index contributed by atoms with van der Waals surface area (Å²) in [5, 5.41) is 4.92. The zero-order valence-corrected chi connectivity index (χ0v) is 15.3. The lowest BCUT2D eigenvalue weighted by molar-refractivity contribution is 0.156. The summed E-state index contributed by atoms with van der Waals surface area (Å²) < 4.78 is 5.64. The van der Waals surface area contributed by atoms with E-state index in [1.54, 1.807) is 0 Å². The number of benzene rings is 1. The third-order valence-corrected chi connectivity index (χ3v) is 5.81. The van der Waals surface area contributed by atoms with Crippen molar-refractivity contribution in [2.45, 2.75) is 26.2 Å². The molecule has 2 aliphatic heterocycles. The van der Waals surface area contributed by atoms with Crippen LogP contribution in [0.3, 0.4) is 0 Å². The van der Waals surface area contributed by atoms with Gasteiger partial charge in [-0.25, -0.2) is 0 Å². The molecule has 2 N–H and O–H groups in total. The highest BCUT2D eigenvalue weighted by atomic mass is 16.5. The minimum Gasteiger partial charge on any atom is -0.381 e. The van der Waals surface area contributed by atoms with Gasteiger partial charge >= 0.3 is 0 Å². The second kappa shape index (κ2) is 6.71. The van der Waals surface area contributed by atoms with E-state index in [-0.39, 0.29) is 0 Å². The van der Waals surface area contributed by atoms with Crippen molar-refractivity contribution in [3.63, 3.8) is 0 Å². The first-order valence-electron chi connectivity index (χ1n) is 9.30. The Labute approximate surface area is 149 Å². The third kappa shape index (κ3) is 3.13. The molecule has 1 atom stereocenters. The summed E-state index contributed by atoms with van der Waals surface area (Å²) in [6.07, 6.45) is 5.54. The van der Waals surface area contributed by atoms with Gasteiger partial charge in [0, 0.05) is 55.8 Å². The summed E-state index contributed by atoms with van der Waals surface area (Å²) in [7, 11) is 1.88. The van der Waals surface area contributed by atoms with Crippen LogP contribution in [0.15, 0.2) is 29.4 Å². The molecule has 0 aliphatic carbocycles. The number of aryl methyl sites for hydroxylation is 1. The van der Waals surface area contributed by atoms with Gasteiger partial charge in [0.2, 0.25) is 0 Å². The number of H-pyrrole nitrogens is 1. The Morgan fingerprint density at radius 1 is 1.40 bits per heavy atom. The van der Waals surface area contributed by atoms with Crippen molar-refractivity contribution >= 4 is 16.9 Å². The van der Waals surface area contributed by atoms with Crippen LogP contribution < -0.4 is 5.32 Å². The molecule has 1 unspecified atom stereocenters. The molecule has 0 bridgehead atoms. The Bertz CT molecular complexity index is 773. The molecule has 2 aromatic rings. The van der Waals surface area contributed by atoms with Gasteiger partial charge in [-0.2, -0.15) is 0 Å². The SMILES string of the molecule is CN=C(NCCc1c[nH]c2cccc(C)c12)N1CCC2(CCOC2)C1. The molecule has 4 rings (SSSR count). The Balaban J connectivity index is 1.37. The van der Waals surface area contributed by atoms with Crippen LogP contribution in [-0.2, 0) is 11.2 Å². The third-order valence-electron chi connectivity index (χ3n) is 5.81. The lowest BCUT2D eigenvalue weighted by Crippen LogP contribution is -2.42. The summed E-state index contributed by atoms with van der Waals surface area (Å²) in [6, 6.07) is 6.43. The molecule has 0 saturated carbocycles. The molecule has 1 aromatic heterocycles. The highest BCUT2D eigenvalue weighted by Gasteiger charge is 2.42. The molecule has 1 spiro atoms. The number of hydrogen-bond acceptors (Lipinski definition) is 2. The number of nitrogens with zero attached hydrogens (tertiary/aromatic N) is 2. The summed E-state index contributed by atoms with van der Waals surface area (Å²) in [4.78, 5) is 10.3. The quantitative estimate of drug-likeness (QED) is 0.667. The fourth-order valence-electron chi connectivity index (χ4n) is 4.38. The standard InChI is InChI=1S/C20H28N4O/c1-15-4-3-5-17-18(15)16(12-23-17)6-9-22-19(21-2)24-10-7-20(13-24)8-11-25-14-20/h3-5,12,23H,6-11,13-14H2,1-2H3,(H,21,22). The number of nitrogens with one attached hydrogen (secondary N) is 2. The average molecular weight is 340 g/mol. The van der Waals surface area contributed by atoms with Crippen LogP contribution in [0.1, 0.15) is 24.0 Å². The summed E-state index contributed by atoms with van der Waals surface area (Å²) in [5.41, 5.74) is 4.30. The molecule has 1 aromatic carbocycles. The maximum atomic E-state index is 5.64. The molecule has 2 fully saturated rings. The highest BCUT2D eigenvalue weighted by Crippen LogP contribution is 2.38. The van der Waals surface area contributed by atoms with Gasteiger partial charge in [-0.3, -0.25) is 4.99 Å². The molecule has 2 aliphatic rings. The zero-order valence-electron chi connectivity index (χ0n) is 15.3. The first kappa shape index (κ1) is 16.5. The minimum atomic E-state index is 0.367. The number of aliphatic imine (C=N–C) groups is 1. The Kier molecular flexibility index (Phi) is 4.42. The summed E-state index contributed by atoms with van der Waals surface area (Å²) >= 11 is 0. The molecule has 2 saturated heterocycles. The average Bonchev–Trinajstić information content (AvgIpc) is 3.34. The van der Waals surface area contributed by atoms with Crippen molar-refractivity contribution in [3.8, 4) is 0 Å². The van der Waals surface area contributed by atoms with E-state index in [0.717, 1.165) is 45.2 Å². The van der Waals surface area contributed by atoms with E-state index >= 15 is 0 Å². The normalized spacial score (nSPS) is 23.9. The van der Waals surface area contributed by atoms with Gasteiger partial charge in [-0.15, -0.1) is 0 Å². The van der Waals surface area contributed by atoms with Gasteiger partial charge in [0.15, 0.2) is 5.96 Å². The molecular formula is C20H28N4O. The van der Waals surface area contributed by atoms with E-state index in [2.05, 4.69) is 51.5 Å². The van der Waals surface area contributed by atoms with Gasteiger partial charge in [-0.1, -0.05) is 12.1 Å². The van der Waals surface area contributed by atoms with Crippen molar-refractivity contribution in [3.05, 3.63) is 35.5 Å². The van der Waals surface area contributed by atoms with E-state index in [9.17, 15) is 0 Å². The van der Waals surface area contributed by atoms with Crippen LogP contribution in [0.2, 0.25) is 0 Å². The molecule has 5 heteroatoms. The van der Waals surface area contributed by atoms with E-state index in [0.29, 0.717) is 5.41 Å². The van der Waals surface area contributed by atoms with E-state index in [4.69, 9.17) is 4.74 Å². The molecule has 5 nitrogen and oxygen atoms in total. The molecule has 0 amide bonds. The van der Waals surface area contributed by atoms with Crippen molar-refractivity contribution in [1.82, 2.24) is 15.2 Å². The Morgan fingerprint density at radius 2 is 2.32 bits per heavy atom. The van der Waals surface area contributed by atoms with Gasteiger partial charge in [0.05, 0.1) is 6.61 Å². The van der Waals surface area contributed by atoms with Crippen LogP contribution >= 0.6 is 0 Å². The van der Waals surface area contributed by atoms with Crippen LogP contribution in [0.25, 0.3) is 10.9 Å². The maximum absolute atomic E-state index is 5.64. The molecule has 25 heavy (non-hydrogen) atoms. The van der Waals surface area contributed by atoms with Gasteiger partial charge in [0.1, 0.15) is 0 Å². The number of aromatic nitrogens is 1. The number of fused-ring (bicyclic) bond motifs is 1. The number of hydrogen-bond donors (Lipinski definition) is 2. The van der Waals surface area contributed by atoms with E-state index in [1.165, 1.54) is 34.9 Å². The lowest BCUT2D eigenvalue weighted by atomic mass is 9.87. The van der Waals surface area contributed by atoms with Crippen LogP contribution in [0.5, 0.6) is 0 Å². The predicted octanol–water partition coefficient (Wildman–Crippen LogP) is 2.71. The minimum absolute atomic E-state index is 0.367. The first-order valence-corrected chi connectivity index (χ1v) is 9.30. The summed E-state index contributed by atoms with van der Waals surface area (Å²) in [6.45, 7) is 7.05. The lowest BCUT2D eigenvalue weighted by Gasteiger charge is -2.25. The Morgan fingerprint density at radius 3 is 3.12 bits per heavy atom. The highest BCUT2D eigenvalue weighted by molar-refractivity contribution is 5.86. The van der Waals surface area contributed by atoms with Crippen molar-refractivity contribution < 1.29 is 4.74 Å². The fraction of sp³-hybridized carbons (Fsp3) is 0.550. The molecular weight excluding hydrogens is 312 g/mol. The molecule has 3 heterocycles. The zero-order chi connectivity index (χ0) is 17.3. The fourth-order valence-corrected chi connectivity index (χ4v) is 4.38. The Hall–Kier alpha value is -2.01. The number of ether oxygens (including phenoxy) is 1. The van der Waals surface area contributed by atoms with Gasteiger partial charge in [-0.05, 0) is 43.4 Å². The number of guanidine groups is 1. The van der Waals surface area contributed by atoms with Crippen LogP contribution in [-0.4, -0.2) is 55.7 Å². The van der Waals surface area contributed by atoms with Crippen molar-refractivity contribution in [2.75, 3.05) is 39.9 Å². The van der Waals surface area contributed by atoms with Gasteiger partial charge in [0.25, 0.3) is 0 Å². The smallest absolute Gasteiger partial charge is 0.193 e. The van der Waals surface area contributed by atoms with Crippen molar-refractivity contribution in [2.24, 2.45) is 10.4 Å². The summed E-state index contributed by atoms with van der Waals surface area (Å²) in [5.74, 6) is 1.03. The van der Waals surface area contributed by atoms with E-state index in [1.807, 2.05) is 7.05 Å². The van der Waals surface area contributed by atoms with Crippen LogP contribution in [0, 0.1) is 12.3 Å². The van der Waals surface area contributed by atoms with Crippen molar-refractivity contribution in [1.29, 1.82) is 0 Å². The molecule has 134 valence electrons. The van der Waals surface area contributed by atoms with E-state index < -0.39 is 0 Å². The monoisotopic (exact) mass is 340 g/mol. The van der Waals surface area contributed by atoms with Crippen LogP contribution in [0.4, 0.5) is 0 Å². The first-order chi connectivity index (χ1) is 12.2.